The van der Waals surface area contributed by atoms with Gasteiger partial charge in [0.25, 0.3) is 0 Å². The lowest BCUT2D eigenvalue weighted by Gasteiger charge is -2.40. The Hall–Kier alpha value is -3.23. The van der Waals surface area contributed by atoms with Crippen molar-refractivity contribution in [3.63, 3.8) is 0 Å². The molecular formula is C31H46N4O8S. The van der Waals surface area contributed by atoms with Gasteiger partial charge in [-0.1, -0.05) is 58.0 Å². The highest BCUT2D eigenvalue weighted by Gasteiger charge is 2.43. The molecule has 5 N–H and O–H groups in total. The molecule has 1 atom stereocenters. The number of fused-ring (bicyclic) bond motifs is 1. The van der Waals surface area contributed by atoms with Gasteiger partial charge in [-0.3, -0.25) is 9.59 Å². The van der Waals surface area contributed by atoms with Gasteiger partial charge in [-0.05, 0) is 29.0 Å². The van der Waals surface area contributed by atoms with Gasteiger partial charge in [0.05, 0.1) is 18.0 Å². The maximum Gasteiger partial charge on any atom is 0.245 e. The van der Waals surface area contributed by atoms with Crippen LogP contribution in [-0.4, -0.2) is 86.6 Å². The SMILES string of the molecule is CC(C)CN(C(O)(CCNC(=O)CC(C)(C)CNC(=O)CNCCO)Cc1ccccc1)S(=O)(=O)c1ccc2c(c1)OCO2. The smallest absolute Gasteiger partial charge is 0.245 e. The van der Waals surface area contributed by atoms with Gasteiger partial charge in [-0.15, -0.1) is 0 Å². The molecule has 0 saturated heterocycles. The summed E-state index contributed by atoms with van der Waals surface area (Å²) in [7, 11) is -4.22. The first kappa shape index (κ1) is 35.3. The fraction of sp³-hybridized carbons (Fsp3) is 0.548. The second-order valence-corrected chi connectivity index (χ2v) is 14.1. The Bertz CT molecular complexity index is 1350. The largest absolute Gasteiger partial charge is 0.454 e. The van der Waals surface area contributed by atoms with E-state index < -0.39 is 21.2 Å². The van der Waals surface area contributed by atoms with Crippen LogP contribution in [-0.2, 0) is 26.0 Å². The molecule has 1 aliphatic rings. The van der Waals surface area contributed by atoms with Gasteiger partial charge < -0.3 is 35.6 Å². The Labute approximate surface area is 260 Å². The number of rotatable bonds is 18. The molecule has 0 spiro atoms. The van der Waals surface area contributed by atoms with E-state index in [1.165, 1.54) is 18.2 Å². The summed E-state index contributed by atoms with van der Waals surface area (Å²) in [6.07, 6.45) is 0.0273. The molecule has 0 bridgehead atoms. The van der Waals surface area contributed by atoms with E-state index in [0.717, 1.165) is 9.87 Å². The standard InChI is InChI=1S/C31H46N4O8S/c1-23(2)20-35(44(40,41)25-10-11-26-27(16-25)43-22-42-26)31(39,17-24-8-6-5-7-9-24)12-13-33-28(37)18-30(3,4)21-34-29(38)19-32-14-15-36/h5-11,16,23,32,36,39H,12-15,17-22H2,1-4H3,(H,33,37)(H,34,38). The van der Waals surface area contributed by atoms with Gasteiger partial charge in [0.1, 0.15) is 5.72 Å². The number of carbonyl (C=O) groups excluding carboxylic acids is 2. The van der Waals surface area contributed by atoms with Gasteiger partial charge in [0.15, 0.2) is 11.5 Å². The molecule has 244 valence electrons. The average Bonchev–Trinajstić information content (AvgIpc) is 3.43. The van der Waals surface area contributed by atoms with Gasteiger partial charge >= 0.3 is 0 Å². The monoisotopic (exact) mass is 634 g/mol. The van der Waals surface area contributed by atoms with E-state index in [0.29, 0.717) is 18.0 Å². The molecule has 3 rings (SSSR count). The summed E-state index contributed by atoms with van der Waals surface area (Å²) >= 11 is 0. The first-order valence-corrected chi connectivity index (χ1v) is 16.2. The maximum atomic E-state index is 14.1. The summed E-state index contributed by atoms with van der Waals surface area (Å²) in [5.41, 5.74) is -1.70. The van der Waals surface area contributed by atoms with Gasteiger partial charge in [0.2, 0.25) is 28.6 Å². The minimum Gasteiger partial charge on any atom is -0.454 e. The number of ether oxygens (including phenoxy) is 2. The van der Waals surface area contributed by atoms with Crippen LogP contribution in [0.25, 0.3) is 0 Å². The van der Waals surface area contributed by atoms with Crippen molar-refractivity contribution in [2.24, 2.45) is 11.3 Å². The van der Waals surface area contributed by atoms with Crippen LogP contribution in [0.2, 0.25) is 0 Å². The molecule has 0 saturated carbocycles. The van der Waals surface area contributed by atoms with Crippen LogP contribution in [0.4, 0.5) is 0 Å². The van der Waals surface area contributed by atoms with E-state index in [1.807, 2.05) is 58.0 Å². The number of sulfonamides is 1. The molecule has 0 fully saturated rings. The van der Waals surface area contributed by atoms with E-state index in [9.17, 15) is 23.1 Å². The number of hydrogen-bond donors (Lipinski definition) is 5. The summed E-state index contributed by atoms with van der Waals surface area (Å²) in [6.45, 7) is 8.04. The zero-order valence-electron chi connectivity index (χ0n) is 26.0. The molecule has 1 heterocycles. The average molecular weight is 635 g/mol. The third kappa shape index (κ3) is 10.2. The second-order valence-electron chi connectivity index (χ2n) is 12.2. The quantitative estimate of drug-likeness (QED) is 0.121. The van der Waals surface area contributed by atoms with E-state index in [-0.39, 0.29) is 81.5 Å². The molecule has 2 aromatic rings. The molecule has 1 aliphatic heterocycles. The number of carbonyl (C=O) groups is 2. The molecule has 44 heavy (non-hydrogen) atoms. The molecule has 13 heteroatoms. The van der Waals surface area contributed by atoms with Crippen LogP contribution in [0.5, 0.6) is 11.5 Å². The lowest BCUT2D eigenvalue weighted by Crippen LogP contribution is -2.55. The highest BCUT2D eigenvalue weighted by molar-refractivity contribution is 7.89. The predicted molar refractivity (Wildman–Crippen MR) is 165 cm³/mol. The maximum absolute atomic E-state index is 14.1. The van der Waals surface area contributed by atoms with Gasteiger partial charge in [-0.25, -0.2) is 8.42 Å². The normalized spacial score (nSPS) is 14.5. The van der Waals surface area contributed by atoms with Gasteiger partial charge in [0, 0.05) is 51.5 Å². The number of aliphatic hydroxyl groups excluding tert-OH is 1. The summed E-state index contributed by atoms with van der Waals surface area (Å²) in [5.74, 6) is 0.105. The van der Waals surface area contributed by atoms with E-state index in [1.54, 1.807) is 0 Å². The number of amides is 2. The minimum absolute atomic E-state index is 0.00204. The number of hydrogen-bond acceptors (Lipinski definition) is 9. The predicted octanol–water partition coefficient (Wildman–Crippen LogP) is 1.61. The summed E-state index contributed by atoms with van der Waals surface area (Å²) in [5, 5.41) is 29.5. The van der Waals surface area contributed by atoms with Crippen molar-refractivity contribution in [1.82, 2.24) is 20.3 Å². The Morgan fingerprint density at radius 3 is 2.39 bits per heavy atom. The van der Waals surface area contributed by atoms with Crippen molar-refractivity contribution < 1.29 is 37.7 Å². The Morgan fingerprint density at radius 1 is 1.00 bits per heavy atom. The van der Waals surface area contributed by atoms with Gasteiger partial charge in [-0.2, -0.15) is 4.31 Å². The fourth-order valence-electron chi connectivity index (χ4n) is 4.86. The van der Waals surface area contributed by atoms with E-state index in [2.05, 4.69) is 16.0 Å². The lowest BCUT2D eigenvalue weighted by molar-refractivity contribution is -0.125. The Kier molecular flexibility index (Phi) is 12.6. The Morgan fingerprint density at radius 2 is 1.70 bits per heavy atom. The zero-order valence-corrected chi connectivity index (χ0v) is 26.8. The van der Waals surface area contributed by atoms with E-state index >= 15 is 0 Å². The summed E-state index contributed by atoms with van der Waals surface area (Å²) < 4.78 is 40.1. The molecule has 12 nitrogen and oxygen atoms in total. The topological polar surface area (TPSA) is 167 Å². The van der Waals surface area contributed by atoms with Crippen molar-refractivity contribution in [3.8, 4) is 11.5 Å². The van der Waals surface area contributed by atoms with Crippen LogP contribution in [0.3, 0.4) is 0 Å². The van der Waals surface area contributed by atoms with Crippen molar-refractivity contribution >= 4 is 21.8 Å². The van der Waals surface area contributed by atoms with Crippen molar-refractivity contribution in [2.45, 2.75) is 57.6 Å². The van der Waals surface area contributed by atoms with Crippen molar-refractivity contribution in [1.29, 1.82) is 0 Å². The molecule has 0 aromatic heterocycles. The highest BCUT2D eigenvalue weighted by Crippen LogP contribution is 2.37. The number of nitrogens with one attached hydrogen (secondary N) is 3. The second kappa shape index (κ2) is 15.7. The molecule has 2 aromatic carbocycles. The van der Waals surface area contributed by atoms with Crippen LogP contribution in [0, 0.1) is 11.3 Å². The number of nitrogens with zero attached hydrogens (tertiary/aromatic N) is 1. The number of benzene rings is 2. The van der Waals surface area contributed by atoms with Crippen molar-refractivity contribution in [3.05, 3.63) is 54.1 Å². The Balaban J connectivity index is 1.76. The summed E-state index contributed by atoms with van der Waals surface area (Å²) in [4.78, 5) is 24.9. The first-order chi connectivity index (χ1) is 20.8. The van der Waals surface area contributed by atoms with Crippen LogP contribution < -0.4 is 25.4 Å². The first-order valence-electron chi connectivity index (χ1n) is 14.8. The third-order valence-electron chi connectivity index (χ3n) is 7.08. The van der Waals surface area contributed by atoms with Crippen LogP contribution in [0.1, 0.15) is 46.1 Å². The third-order valence-corrected chi connectivity index (χ3v) is 9.00. The summed E-state index contributed by atoms with van der Waals surface area (Å²) in [6, 6.07) is 13.5. The number of aliphatic hydroxyl groups is 2. The molecule has 1 unspecified atom stereocenters. The molecule has 0 radical (unpaired) electrons. The molecular weight excluding hydrogens is 588 g/mol. The van der Waals surface area contributed by atoms with E-state index in [4.69, 9.17) is 14.6 Å². The lowest BCUT2D eigenvalue weighted by atomic mass is 9.88. The van der Waals surface area contributed by atoms with Crippen LogP contribution >= 0.6 is 0 Å². The highest BCUT2D eigenvalue weighted by atomic mass is 32.2. The zero-order chi connectivity index (χ0) is 32.4. The fourth-order valence-corrected chi connectivity index (χ4v) is 6.70. The molecule has 2 amide bonds. The van der Waals surface area contributed by atoms with Crippen molar-refractivity contribution in [2.75, 3.05) is 46.1 Å². The molecule has 0 aliphatic carbocycles. The van der Waals surface area contributed by atoms with Crippen LogP contribution in [0.15, 0.2) is 53.4 Å². The minimum atomic E-state index is -4.22.